The number of carbonyl (C=O) groups excluding carboxylic acids is 1. The van der Waals surface area contributed by atoms with E-state index in [-0.39, 0.29) is 6.61 Å². The number of nitrogens with two attached hydrogens (primary N) is 1. The van der Waals surface area contributed by atoms with Gasteiger partial charge in [0.2, 0.25) is 0 Å². The number of rotatable bonds is 4. The summed E-state index contributed by atoms with van der Waals surface area (Å²) in [5.41, 5.74) is 7.10. The number of esters is 1. The minimum Gasteiger partial charge on any atom is -0.455 e. The van der Waals surface area contributed by atoms with Crippen molar-refractivity contribution in [3.8, 4) is 0 Å². The van der Waals surface area contributed by atoms with Crippen molar-refractivity contribution in [1.29, 1.82) is 0 Å². The zero-order chi connectivity index (χ0) is 13.8. The summed E-state index contributed by atoms with van der Waals surface area (Å²) in [6, 6.07) is 4.68. The predicted molar refractivity (Wildman–Crippen MR) is 76.5 cm³/mol. The van der Waals surface area contributed by atoms with Gasteiger partial charge in [0.25, 0.3) is 0 Å². The Morgan fingerprint density at radius 2 is 2.32 bits per heavy atom. The van der Waals surface area contributed by atoms with Gasteiger partial charge in [-0.1, -0.05) is 18.5 Å². The Hall–Kier alpha value is -1.59. The van der Waals surface area contributed by atoms with Gasteiger partial charge in [-0.05, 0) is 24.6 Å². The third-order valence-electron chi connectivity index (χ3n) is 2.49. The van der Waals surface area contributed by atoms with Gasteiger partial charge in [-0.3, -0.25) is 0 Å². The number of benzene rings is 1. The van der Waals surface area contributed by atoms with Gasteiger partial charge in [0, 0.05) is 16.1 Å². The third-order valence-corrected chi connectivity index (χ3v) is 3.76. The Morgan fingerprint density at radius 1 is 1.53 bits per heavy atom. The number of anilines is 1. The lowest BCUT2D eigenvalue weighted by atomic mass is 10.2. The number of carbonyl (C=O) groups is 1. The highest BCUT2D eigenvalue weighted by molar-refractivity contribution is 7.09. The largest absolute Gasteiger partial charge is 0.455 e. The van der Waals surface area contributed by atoms with Crippen LogP contribution in [0.15, 0.2) is 23.6 Å². The smallest absolute Gasteiger partial charge is 0.340 e. The number of thiazole rings is 1. The zero-order valence-electron chi connectivity index (χ0n) is 10.4. The maximum Gasteiger partial charge on any atom is 0.340 e. The number of nitrogens with zero attached hydrogens (tertiary/aromatic N) is 1. The summed E-state index contributed by atoms with van der Waals surface area (Å²) in [7, 11) is 0. The Morgan fingerprint density at radius 3 is 2.95 bits per heavy atom. The molecule has 100 valence electrons. The van der Waals surface area contributed by atoms with Gasteiger partial charge in [0.1, 0.15) is 6.61 Å². The Balaban J connectivity index is 2.01. The number of nitrogen functional groups attached to an aromatic ring is 1. The molecule has 2 aromatic rings. The molecule has 1 aromatic heterocycles. The average molecular weight is 297 g/mol. The molecule has 4 nitrogen and oxygen atoms in total. The van der Waals surface area contributed by atoms with Crippen LogP contribution in [0.5, 0.6) is 0 Å². The van der Waals surface area contributed by atoms with Gasteiger partial charge in [-0.15, -0.1) is 11.3 Å². The highest BCUT2D eigenvalue weighted by atomic mass is 35.5. The summed E-state index contributed by atoms with van der Waals surface area (Å²) in [6.45, 7) is 2.18. The Bertz CT molecular complexity index is 598. The van der Waals surface area contributed by atoms with Crippen molar-refractivity contribution in [2.45, 2.75) is 20.0 Å². The first-order valence-corrected chi connectivity index (χ1v) is 7.01. The normalized spacial score (nSPS) is 10.4. The monoisotopic (exact) mass is 296 g/mol. The SMILES string of the molecule is CCc1nc(COC(=O)c2ccc(Cl)cc2N)cs1. The van der Waals surface area contributed by atoms with Gasteiger partial charge < -0.3 is 10.5 Å². The molecule has 0 amide bonds. The quantitative estimate of drug-likeness (QED) is 0.694. The van der Waals surface area contributed by atoms with Crippen LogP contribution in [0.3, 0.4) is 0 Å². The summed E-state index contributed by atoms with van der Waals surface area (Å²) in [5, 5.41) is 3.40. The molecule has 0 saturated heterocycles. The molecule has 19 heavy (non-hydrogen) atoms. The van der Waals surface area contributed by atoms with Gasteiger partial charge >= 0.3 is 5.97 Å². The van der Waals surface area contributed by atoms with Crippen molar-refractivity contribution >= 4 is 34.6 Å². The number of hydrogen-bond acceptors (Lipinski definition) is 5. The summed E-state index contributed by atoms with van der Waals surface area (Å²) in [5.74, 6) is -0.472. The van der Waals surface area contributed by atoms with E-state index in [2.05, 4.69) is 4.98 Å². The highest BCUT2D eigenvalue weighted by Crippen LogP contribution is 2.19. The molecule has 0 unspecified atom stereocenters. The minimum atomic E-state index is -0.472. The lowest BCUT2D eigenvalue weighted by Crippen LogP contribution is -2.08. The van der Waals surface area contributed by atoms with E-state index in [0.717, 1.165) is 17.1 Å². The van der Waals surface area contributed by atoms with E-state index in [9.17, 15) is 4.79 Å². The van der Waals surface area contributed by atoms with E-state index in [0.29, 0.717) is 16.3 Å². The Labute approximate surface area is 120 Å². The molecule has 0 aliphatic rings. The molecule has 2 N–H and O–H groups in total. The maximum atomic E-state index is 11.9. The highest BCUT2D eigenvalue weighted by Gasteiger charge is 2.12. The second kappa shape index (κ2) is 6.04. The first kappa shape index (κ1) is 13.8. The second-order valence-electron chi connectivity index (χ2n) is 3.89. The summed E-state index contributed by atoms with van der Waals surface area (Å²) < 4.78 is 5.17. The molecule has 0 spiro atoms. The number of aryl methyl sites for hydroxylation is 1. The van der Waals surface area contributed by atoms with Crippen LogP contribution in [0.2, 0.25) is 5.02 Å². The van der Waals surface area contributed by atoms with E-state index in [1.165, 1.54) is 6.07 Å². The summed E-state index contributed by atoms with van der Waals surface area (Å²) in [4.78, 5) is 16.2. The molecule has 0 saturated carbocycles. The first-order chi connectivity index (χ1) is 9.10. The van der Waals surface area contributed by atoms with Crippen LogP contribution < -0.4 is 5.73 Å². The molecule has 0 aliphatic carbocycles. The molecular weight excluding hydrogens is 284 g/mol. The second-order valence-corrected chi connectivity index (χ2v) is 5.27. The number of hydrogen-bond donors (Lipinski definition) is 1. The lowest BCUT2D eigenvalue weighted by molar-refractivity contribution is 0.0469. The van der Waals surface area contributed by atoms with Crippen molar-refractivity contribution in [3.05, 3.63) is 44.9 Å². The fourth-order valence-corrected chi connectivity index (χ4v) is 2.42. The number of ether oxygens (including phenoxy) is 1. The van der Waals surface area contributed by atoms with E-state index >= 15 is 0 Å². The standard InChI is InChI=1S/C13H13ClN2O2S/c1-2-12-16-9(7-19-12)6-18-13(17)10-4-3-8(14)5-11(10)15/h3-5,7H,2,6,15H2,1H3. The van der Waals surface area contributed by atoms with Crippen LogP contribution in [-0.2, 0) is 17.8 Å². The maximum absolute atomic E-state index is 11.9. The van der Waals surface area contributed by atoms with Gasteiger partial charge in [-0.25, -0.2) is 9.78 Å². The molecule has 2 rings (SSSR count). The molecule has 1 aromatic carbocycles. The van der Waals surface area contributed by atoms with Crippen LogP contribution in [0.1, 0.15) is 28.0 Å². The van der Waals surface area contributed by atoms with Crippen molar-refractivity contribution in [2.75, 3.05) is 5.73 Å². The van der Waals surface area contributed by atoms with E-state index in [4.69, 9.17) is 22.1 Å². The van der Waals surface area contributed by atoms with E-state index in [1.54, 1.807) is 23.5 Å². The number of aromatic nitrogens is 1. The number of halogens is 1. The molecular formula is C13H13ClN2O2S. The summed E-state index contributed by atoms with van der Waals surface area (Å²) >= 11 is 7.33. The topological polar surface area (TPSA) is 65.2 Å². The zero-order valence-corrected chi connectivity index (χ0v) is 11.9. The molecule has 0 fully saturated rings. The molecule has 6 heteroatoms. The van der Waals surface area contributed by atoms with Crippen molar-refractivity contribution in [1.82, 2.24) is 4.98 Å². The van der Waals surface area contributed by atoms with Crippen molar-refractivity contribution in [3.63, 3.8) is 0 Å². The Kier molecular flexibility index (Phi) is 4.39. The van der Waals surface area contributed by atoms with Crippen LogP contribution in [0.4, 0.5) is 5.69 Å². The first-order valence-electron chi connectivity index (χ1n) is 5.75. The molecule has 1 heterocycles. The molecule has 0 atom stereocenters. The fraction of sp³-hybridized carbons (Fsp3) is 0.231. The van der Waals surface area contributed by atoms with Crippen molar-refractivity contribution in [2.24, 2.45) is 0 Å². The van der Waals surface area contributed by atoms with Crippen LogP contribution >= 0.6 is 22.9 Å². The average Bonchev–Trinajstić information content (AvgIpc) is 2.84. The fourth-order valence-electron chi connectivity index (χ4n) is 1.51. The molecule has 0 radical (unpaired) electrons. The van der Waals surface area contributed by atoms with Gasteiger partial charge in [-0.2, -0.15) is 0 Å². The lowest BCUT2D eigenvalue weighted by Gasteiger charge is -2.06. The van der Waals surface area contributed by atoms with E-state index in [1.807, 2.05) is 12.3 Å². The minimum absolute atomic E-state index is 0.150. The summed E-state index contributed by atoms with van der Waals surface area (Å²) in [6.07, 6.45) is 0.878. The van der Waals surface area contributed by atoms with Gasteiger partial charge in [0.15, 0.2) is 0 Å². The molecule has 0 bridgehead atoms. The predicted octanol–water partition coefficient (Wildman–Crippen LogP) is 3.30. The van der Waals surface area contributed by atoms with E-state index < -0.39 is 5.97 Å². The third kappa shape index (κ3) is 3.45. The van der Waals surface area contributed by atoms with Gasteiger partial charge in [0.05, 0.1) is 16.3 Å². The molecule has 0 aliphatic heterocycles. The van der Waals surface area contributed by atoms with Crippen molar-refractivity contribution < 1.29 is 9.53 Å². The van der Waals surface area contributed by atoms with Crippen LogP contribution in [-0.4, -0.2) is 11.0 Å². The van der Waals surface area contributed by atoms with Crippen LogP contribution in [0, 0.1) is 0 Å². The van der Waals surface area contributed by atoms with Crippen LogP contribution in [0.25, 0.3) is 0 Å².